The molecule has 25 nitrogen and oxygen atoms in total. The number of fused-ring (bicyclic) bond motifs is 1. The Morgan fingerprint density at radius 2 is 0.821 bits per heavy atom. The number of carbonyl (C=O) groups excluding carboxylic acids is 12. The Balaban J connectivity index is 1.88. The smallest absolute Gasteiger partial charge is 0.245 e. The van der Waals surface area contributed by atoms with Gasteiger partial charge in [0.05, 0.1) is 12.8 Å². The summed E-state index contributed by atoms with van der Waals surface area (Å²) < 4.78 is 0. The minimum Gasteiger partial charge on any atom is -0.370 e. The van der Waals surface area contributed by atoms with E-state index in [1.165, 1.54) is 4.90 Å². The van der Waals surface area contributed by atoms with E-state index in [9.17, 15) is 57.5 Å². The summed E-state index contributed by atoms with van der Waals surface area (Å²) in [6, 6.07) is 3.17. The molecule has 2 aromatic rings. The van der Waals surface area contributed by atoms with E-state index >= 15 is 0 Å². The van der Waals surface area contributed by atoms with Crippen LogP contribution in [0.2, 0.25) is 0 Å². The van der Waals surface area contributed by atoms with Gasteiger partial charge >= 0.3 is 0 Å². The van der Waals surface area contributed by atoms with Gasteiger partial charge in [-0.1, -0.05) is 116 Å². The van der Waals surface area contributed by atoms with Gasteiger partial charge in [-0.2, -0.15) is 0 Å². The van der Waals surface area contributed by atoms with E-state index in [0.29, 0.717) is 17.5 Å². The van der Waals surface area contributed by atoms with Gasteiger partial charge in [0, 0.05) is 19.4 Å². The van der Waals surface area contributed by atoms with Crippen molar-refractivity contribution >= 4 is 70.9 Å². The fourth-order valence-corrected chi connectivity index (χ4v) is 10.1. The normalized spacial score (nSPS) is 25.3. The number of hydrogen-bond acceptors (Lipinski definition) is 13. The maximum Gasteiger partial charge on any atom is 0.245 e. The van der Waals surface area contributed by atoms with Crippen molar-refractivity contribution in [2.75, 3.05) is 13.1 Å². The molecule has 0 saturated carbocycles. The lowest BCUT2D eigenvalue weighted by atomic mass is 9.98. The molecule has 2 fully saturated rings. The average Bonchev–Trinajstić information content (AvgIpc) is 3.66. The number of hydrogen-bond donors (Lipinski definition) is 12. The Kier molecular flexibility index (Phi) is 27.2. The van der Waals surface area contributed by atoms with Crippen LogP contribution in [-0.4, -0.2) is 149 Å². The summed E-state index contributed by atoms with van der Waals surface area (Å²) in [5, 5.41) is 24.0. The molecule has 84 heavy (non-hydrogen) atoms. The summed E-state index contributed by atoms with van der Waals surface area (Å²) in [4.78, 5) is 171. The summed E-state index contributed by atoms with van der Waals surface area (Å²) in [7, 11) is 0. The van der Waals surface area contributed by atoms with Crippen molar-refractivity contribution in [3.05, 3.63) is 71.8 Å². The molecular formula is C59H89N13O12. The lowest BCUT2D eigenvalue weighted by Crippen LogP contribution is -2.62. The van der Waals surface area contributed by atoms with Gasteiger partial charge in [0.1, 0.15) is 60.4 Å². The minimum absolute atomic E-state index is 0.00328. The third kappa shape index (κ3) is 22.0. The van der Waals surface area contributed by atoms with Crippen LogP contribution in [-0.2, 0) is 70.4 Å². The number of primary amides is 2. The van der Waals surface area contributed by atoms with Crippen molar-refractivity contribution in [2.24, 2.45) is 40.9 Å². The third-order valence-electron chi connectivity index (χ3n) is 14.3. The molecule has 15 N–H and O–H groups in total. The predicted octanol–water partition coefficient (Wildman–Crippen LogP) is -0.876. The van der Waals surface area contributed by atoms with Crippen molar-refractivity contribution in [3.8, 4) is 0 Å². The van der Waals surface area contributed by atoms with Crippen LogP contribution in [0.3, 0.4) is 0 Å². The maximum absolute atomic E-state index is 14.7. The van der Waals surface area contributed by atoms with Crippen LogP contribution in [0.15, 0.2) is 60.7 Å². The zero-order valence-electron chi connectivity index (χ0n) is 49.6. The summed E-state index contributed by atoms with van der Waals surface area (Å²) >= 11 is 0. The Bertz CT molecular complexity index is 2620. The lowest BCUT2D eigenvalue weighted by Gasteiger charge is -2.32. The third-order valence-corrected chi connectivity index (χ3v) is 14.3. The number of rotatable bonds is 18. The number of nitrogens with zero attached hydrogens (tertiary/aromatic N) is 1. The van der Waals surface area contributed by atoms with E-state index in [-0.39, 0.29) is 82.2 Å². The number of amides is 12. The van der Waals surface area contributed by atoms with Crippen LogP contribution in [0, 0.1) is 23.7 Å². The van der Waals surface area contributed by atoms with Gasteiger partial charge in [-0.25, -0.2) is 0 Å². The number of carbonyl (C=O) groups is 12. The van der Waals surface area contributed by atoms with Gasteiger partial charge in [0.15, 0.2) is 0 Å². The molecule has 2 aliphatic heterocycles. The minimum atomic E-state index is -1.82. The largest absolute Gasteiger partial charge is 0.370 e. The SMILES string of the molecule is CC(C)C[C@@H]1NC(=O)[C@@H](Cc2ccccc2)NC(=O)[C@@H]2CCCN2C(=O)[C@H](CC(C)C)NC(=O)[C@@H](CC(C)C)NC(=O)[C@H](CC(N)=O)NC(=O)[C@H](CC(N)=O)NC(=O)[C@H](Cc2ccccc2)NC(=O)[C@H](C(C)C)NC(=O)[C@H](CCCN)NC1=O. The van der Waals surface area contributed by atoms with E-state index in [2.05, 4.69) is 47.9 Å². The first-order valence-electron chi connectivity index (χ1n) is 29.1. The molecule has 0 unspecified atom stereocenters. The van der Waals surface area contributed by atoms with Crippen LogP contribution < -0.4 is 65.1 Å². The molecule has 0 aliphatic carbocycles. The molecule has 4 rings (SSSR count). The quantitative estimate of drug-likeness (QED) is 0.0865. The maximum atomic E-state index is 14.7. The second-order valence-corrected chi connectivity index (χ2v) is 23.4. The highest BCUT2D eigenvalue weighted by atomic mass is 16.2. The van der Waals surface area contributed by atoms with Crippen LogP contribution in [0.25, 0.3) is 0 Å². The zero-order valence-corrected chi connectivity index (χ0v) is 49.6. The monoisotopic (exact) mass is 1170 g/mol. The molecule has 2 aliphatic rings. The van der Waals surface area contributed by atoms with E-state index < -0.39 is 150 Å². The van der Waals surface area contributed by atoms with Crippen molar-refractivity contribution in [3.63, 3.8) is 0 Å². The van der Waals surface area contributed by atoms with Crippen molar-refractivity contribution in [1.82, 2.24) is 52.8 Å². The standard InChI is InChI=1S/C59H89N13O12/c1-32(2)25-39-51(76)63-38(21-15-23-60)50(75)71-49(35(7)8)58(83)69-42(29-37-19-13-10-14-20-37)54(79)66-44(31-48(62)74)56(81)67-43(30-47(61)73)55(80)65-40(26-33(3)4)52(77)70-45(27-34(5)6)59(84)72-24-16-22-46(72)57(82)68-41(53(78)64-39)28-36-17-11-9-12-18-36/h9-14,17-20,32-35,38-46,49H,15-16,21-31,60H2,1-8H3,(H2,61,73)(H2,62,74)(H,63,76)(H,64,78)(H,65,80)(H,66,79)(H,67,81)(H,68,82)(H,69,83)(H,70,77)(H,71,75)/t38-,39-,40+,41+,42-,43-,44-,45-,46-,49-/m0/s1. The zero-order chi connectivity index (χ0) is 62.4. The molecule has 0 aromatic heterocycles. The lowest BCUT2D eigenvalue weighted by molar-refractivity contribution is -0.143. The van der Waals surface area contributed by atoms with E-state index in [1.54, 1.807) is 88.4 Å². The summed E-state index contributed by atoms with van der Waals surface area (Å²) in [5.74, 6) is -11.9. The van der Waals surface area contributed by atoms with Crippen molar-refractivity contribution in [1.29, 1.82) is 0 Å². The highest BCUT2D eigenvalue weighted by Gasteiger charge is 2.42. The molecule has 0 spiro atoms. The number of benzene rings is 2. The first kappa shape index (κ1) is 68.5. The Morgan fingerprint density at radius 3 is 1.24 bits per heavy atom. The second kappa shape index (κ2) is 33.4. The number of nitrogens with one attached hydrogen (secondary N) is 9. The molecule has 2 heterocycles. The van der Waals surface area contributed by atoms with Gasteiger partial charge < -0.3 is 70.0 Å². The van der Waals surface area contributed by atoms with Gasteiger partial charge in [-0.3, -0.25) is 57.5 Å². The highest BCUT2D eigenvalue weighted by molar-refractivity contribution is 6.01. The molecule has 25 heteroatoms. The first-order chi connectivity index (χ1) is 39.7. The van der Waals surface area contributed by atoms with Crippen molar-refractivity contribution in [2.45, 2.75) is 186 Å². The second-order valence-electron chi connectivity index (χ2n) is 23.4. The molecule has 0 radical (unpaired) electrons. The van der Waals surface area contributed by atoms with Crippen LogP contribution in [0.5, 0.6) is 0 Å². The Labute approximate surface area is 491 Å². The van der Waals surface area contributed by atoms with Crippen LogP contribution in [0.4, 0.5) is 0 Å². The van der Waals surface area contributed by atoms with Crippen LogP contribution >= 0.6 is 0 Å². The highest BCUT2D eigenvalue weighted by Crippen LogP contribution is 2.22. The van der Waals surface area contributed by atoms with Gasteiger partial charge in [-0.15, -0.1) is 0 Å². The summed E-state index contributed by atoms with van der Waals surface area (Å²) in [6.07, 6.45) is -0.907. The molecule has 0 bridgehead atoms. The van der Waals surface area contributed by atoms with E-state index in [4.69, 9.17) is 17.2 Å². The first-order valence-corrected chi connectivity index (χ1v) is 29.1. The fraction of sp³-hybridized carbons (Fsp3) is 0.593. The molecule has 2 saturated heterocycles. The van der Waals surface area contributed by atoms with E-state index in [0.717, 1.165) is 0 Å². The van der Waals surface area contributed by atoms with Gasteiger partial charge in [-0.05, 0) is 86.3 Å². The average molecular weight is 1170 g/mol. The summed E-state index contributed by atoms with van der Waals surface area (Å²) in [5.41, 5.74) is 18.2. The molecule has 462 valence electrons. The molecule has 10 atom stereocenters. The Hall–Kier alpha value is -7.96. The molecule has 2 aromatic carbocycles. The topological polar surface area (TPSA) is 394 Å². The van der Waals surface area contributed by atoms with Gasteiger partial charge in [0.25, 0.3) is 0 Å². The van der Waals surface area contributed by atoms with Crippen LogP contribution in [0.1, 0.15) is 124 Å². The summed E-state index contributed by atoms with van der Waals surface area (Å²) in [6.45, 7) is 14.3. The Morgan fingerprint density at radius 1 is 0.464 bits per heavy atom. The van der Waals surface area contributed by atoms with Crippen molar-refractivity contribution < 1.29 is 57.5 Å². The van der Waals surface area contributed by atoms with Gasteiger partial charge in [0.2, 0.25) is 70.9 Å². The molecular weight excluding hydrogens is 1080 g/mol. The number of nitrogens with two attached hydrogens (primary N) is 3. The molecule has 12 amide bonds. The fourth-order valence-electron chi connectivity index (χ4n) is 10.1. The van der Waals surface area contributed by atoms with E-state index in [1.807, 2.05) is 27.7 Å². The predicted molar refractivity (Wildman–Crippen MR) is 312 cm³/mol.